The minimum atomic E-state index is -0.0382. The van der Waals surface area contributed by atoms with Crippen molar-refractivity contribution in [1.82, 2.24) is 14.8 Å². The van der Waals surface area contributed by atoms with Gasteiger partial charge in [0.1, 0.15) is 5.69 Å². The van der Waals surface area contributed by atoms with Crippen LogP contribution in [0.4, 0.5) is 0 Å². The molecule has 2 heterocycles. The van der Waals surface area contributed by atoms with Crippen LogP contribution in [0.2, 0.25) is 0 Å². The molecule has 6 heteroatoms. The molecule has 1 unspecified atom stereocenters. The highest BCUT2D eigenvalue weighted by atomic mass is 32.1. The SMILES string of the molecule is CC(c1ccccc1)N(C)C(=O)c1csc(C2CCN(C(=O)C3CCCCC3)CC2)n1. The number of rotatable bonds is 5. The van der Waals surface area contributed by atoms with Crippen LogP contribution in [0.15, 0.2) is 35.7 Å². The van der Waals surface area contributed by atoms with Crippen molar-refractivity contribution in [1.29, 1.82) is 0 Å². The summed E-state index contributed by atoms with van der Waals surface area (Å²) in [6, 6.07) is 10.1. The molecule has 2 amide bonds. The maximum Gasteiger partial charge on any atom is 0.273 e. The van der Waals surface area contributed by atoms with Crippen molar-refractivity contribution in [3.05, 3.63) is 52.0 Å². The van der Waals surface area contributed by atoms with E-state index in [0.29, 0.717) is 17.5 Å². The van der Waals surface area contributed by atoms with Crippen molar-refractivity contribution in [3.63, 3.8) is 0 Å². The van der Waals surface area contributed by atoms with E-state index in [0.717, 1.165) is 49.3 Å². The molecule has 1 atom stereocenters. The molecule has 0 spiro atoms. The lowest BCUT2D eigenvalue weighted by atomic mass is 9.87. The van der Waals surface area contributed by atoms with Gasteiger partial charge in [-0.3, -0.25) is 9.59 Å². The van der Waals surface area contributed by atoms with Gasteiger partial charge in [0, 0.05) is 37.4 Å². The number of benzene rings is 1. The second-order valence-electron chi connectivity index (χ2n) is 9.01. The summed E-state index contributed by atoms with van der Waals surface area (Å²) in [4.78, 5) is 34.3. The van der Waals surface area contributed by atoms with Crippen molar-refractivity contribution in [2.24, 2.45) is 5.92 Å². The Labute approximate surface area is 189 Å². The molecular formula is C25H33N3O2S. The topological polar surface area (TPSA) is 53.5 Å². The van der Waals surface area contributed by atoms with E-state index in [1.54, 1.807) is 16.2 Å². The smallest absolute Gasteiger partial charge is 0.273 e. The molecule has 1 aliphatic heterocycles. The van der Waals surface area contributed by atoms with E-state index in [2.05, 4.69) is 4.90 Å². The number of likely N-dealkylation sites (tertiary alicyclic amines) is 1. The molecule has 1 aliphatic carbocycles. The van der Waals surface area contributed by atoms with Gasteiger partial charge in [-0.1, -0.05) is 49.6 Å². The zero-order valence-electron chi connectivity index (χ0n) is 18.6. The Morgan fingerprint density at radius 3 is 2.42 bits per heavy atom. The van der Waals surface area contributed by atoms with Crippen LogP contribution in [0, 0.1) is 5.92 Å². The van der Waals surface area contributed by atoms with Crippen LogP contribution < -0.4 is 0 Å². The summed E-state index contributed by atoms with van der Waals surface area (Å²) in [7, 11) is 1.84. The van der Waals surface area contributed by atoms with Crippen molar-refractivity contribution in [2.45, 2.75) is 63.8 Å². The number of thiazole rings is 1. The first kappa shape index (κ1) is 22.0. The Kier molecular flexibility index (Phi) is 7.06. The average molecular weight is 440 g/mol. The summed E-state index contributed by atoms with van der Waals surface area (Å²) in [5.41, 5.74) is 1.65. The third-order valence-corrected chi connectivity index (χ3v) is 8.04. The molecule has 5 nitrogen and oxygen atoms in total. The van der Waals surface area contributed by atoms with Gasteiger partial charge in [0.05, 0.1) is 11.0 Å². The molecule has 166 valence electrons. The fraction of sp³-hybridized carbons (Fsp3) is 0.560. The van der Waals surface area contributed by atoms with Gasteiger partial charge >= 0.3 is 0 Å². The number of aromatic nitrogens is 1. The summed E-state index contributed by atoms with van der Waals surface area (Å²) < 4.78 is 0. The van der Waals surface area contributed by atoms with E-state index < -0.39 is 0 Å². The van der Waals surface area contributed by atoms with Crippen LogP contribution >= 0.6 is 11.3 Å². The van der Waals surface area contributed by atoms with Crippen molar-refractivity contribution >= 4 is 23.2 Å². The predicted octanol–water partition coefficient (Wildman–Crippen LogP) is 5.26. The Hall–Kier alpha value is -2.21. The number of nitrogens with zero attached hydrogens (tertiary/aromatic N) is 3. The molecule has 2 fully saturated rings. The van der Waals surface area contributed by atoms with Crippen molar-refractivity contribution < 1.29 is 9.59 Å². The number of hydrogen-bond donors (Lipinski definition) is 0. The molecule has 0 N–H and O–H groups in total. The third kappa shape index (κ3) is 5.00. The van der Waals surface area contributed by atoms with E-state index in [1.165, 1.54) is 19.3 Å². The Balaban J connectivity index is 1.33. The fourth-order valence-corrected chi connectivity index (χ4v) is 5.80. The highest BCUT2D eigenvalue weighted by molar-refractivity contribution is 7.09. The van der Waals surface area contributed by atoms with Crippen molar-refractivity contribution in [2.75, 3.05) is 20.1 Å². The largest absolute Gasteiger partial charge is 0.342 e. The Morgan fingerprint density at radius 1 is 1.06 bits per heavy atom. The Bertz CT molecular complexity index is 883. The maximum absolute atomic E-state index is 13.0. The number of carbonyl (C=O) groups is 2. The van der Waals surface area contributed by atoms with E-state index in [9.17, 15) is 9.59 Å². The van der Waals surface area contributed by atoms with E-state index in [-0.39, 0.29) is 17.9 Å². The summed E-state index contributed by atoms with van der Waals surface area (Å²) in [6.07, 6.45) is 7.67. The number of amides is 2. The summed E-state index contributed by atoms with van der Waals surface area (Å²) in [5.74, 6) is 0.920. The zero-order chi connectivity index (χ0) is 21.8. The quantitative estimate of drug-likeness (QED) is 0.638. The Morgan fingerprint density at radius 2 is 1.74 bits per heavy atom. The summed E-state index contributed by atoms with van der Waals surface area (Å²) in [6.45, 7) is 3.67. The van der Waals surface area contributed by atoms with E-state index >= 15 is 0 Å². The molecule has 0 radical (unpaired) electrons. The maximum atomic E-state index is 13.0. The molecule has 1 aromatic carbocycles. The molecule has 31 heavy (non-hydrogen) atoms. The van der Waals surface area contributed by atoms with E-state index in [1.807, 2.05) is 49.7 Å². The molecule has 1 saturated heterocycles. The fourth-order valence-electron chi connectivity index (χ4n) is 4.84. The van der Waals surface area contributed by atoms with Crippen molar-refractivity contribution in [3.8, 4) is 0 Å². The molecule has 4 rings (SSSR count). The molecule has 1 aromatic heterocycles. The van der Waals surface area contributed by atoms with Crippen LogP contribution in [0.5, 0.6) is 0 Å². The number of hydrogen-bond acceptors (Lipinski definition) is 4. The normalized spacial score (nSPS) is 19.2. The van der Waals surface area contributed by atoms with Gasteiger partial charge in [-0.2, -0.15) is 0 Å². The van der Waals surface area contributed by atoms with Gasteiger partial charge < -0.3 is 9.80 Å². The number of piperidine rings is 1. The monoisotopic (exact) mass is 439 g/mol. The van der Waals surface area contributed by atoms with Gasteiger partial charge in [0.2, 0.25) is 5.91 Å². The van der Waals surface area contributed by atoms with Crippen LogP contribution in [-0.4, -0.2) is 46.7 Å². The van der Waals surface area contributed by atoms with Crippen LogP contribution in [0.25, 0.3) is 0 Å². The van der Waals surface area contributed by atoms with E-state index in [4.69, 9.17) is 4.98 Å². The van der Waals surface area contributed by atoms with Gasteiger partial charge in [0.25, 0.3) is 5.91 Å². The van der Waals surface area contributed by atoms with Gasteiger partial charge in [-0.05, 0) is 38.2 Å². The van der Waals surface area contributed by atoms with Crippen LogP contribution in [-0.2, 0) is 4.79 Å². The van der Waals surface area contributed by atoms with Gasteiger partial charge in [-0.25, -0.2) is 4.98 Å². The lowest BCUT2D eigenvalue weighted by molar-refractivity contribution is -0.137. The minimum Gasteiger partial charge on any atom is -0.342 e. The van der Waals surface area contributed by atoms with Gasteiger partial charge in [0.15, 0.2) is 0 Å². The summed E-state index contributed by atoms with van der Waals surface area (Å²) >= 11 is 1.58. The first-order valence-electron chi connectivity index (χ1n) is 11.6. The predicted molar refractivity (Wildman–Crippen MR) is 124 cm³/mol. The van der Waals surface area contributed by atoms with Gasteiger partial charge in [-0.15, -0.1) is 11.3 Å². The molecule has 2 aliphatic rings. The highest BCUT2D eigenvalue weighted by Gasteiger charge is 2.31. The summed E-state index contributed by atoms with van der Waals surface area (Å²) in [5, 5.41) is 2.93. The molecule has 0 bridgehead atoms. The first-order chi connectivity index (χ1) is 15.0. The highest BCUT2D eigenvalue weighted by Crippen LogP contribution is 2.33. The molecule has 2 aromatic rings. The average Bonchev–Trinajstić information content (AvgIpc) is 3.34. The van der Waals surface area contributed by atoms with Crippen LogP contribution in [0.1, 0.15) is 84.9 Å². The molecular weight excluding hydrogens is 406 g/mol. The lowest BCUT2D eigenvalue weighted by Crippen LogP contribution is -2.41. The zero-order valence-corrected chi connectivity index (χ0v) is 19.4. The molecule has 1 saturated carbocycles. The van der Waals surface area contributed by atoms with Crippen LogP contribution in [0.3, 0.4) is 0 Å². The second kappa shape index (κ2) is 9.94. The lowest BCUT2D eigenvalue weighted by Gasteiger charge is -2.34. The third-order valence-electron chi connectivity index (χ3n) is 7.03. The first-order valence-corrected chi connectivity index (χ1v) is 12.5. The minimum absolute atomic E-state index is 0.00658. The standard InChI is InChI=1S/C25H33N3O2S/c1-18(19-9-5-3-6-10-19)27(2)25(30)22-17-31-23(26-22)20-13-15-28(16-14-20)24(29)21-11-7-4-8-12-21/h3,5-6,9-10,17-18,20-21H,4,7-8,11-16H2,1-2H3. The number of carbonyl (C=O) groups excluding carboxylic acids is 2. The second-order valence-corrected chi connectivity index (χ2v) is 9.90.